The maximum atomic E-state index is 11.6. The van der Waals surface area contributed by atoms with E-state index in [-0.39, 0.29) is 5.91 Å². The van der Waals surface area contributed by atoms with Gasteiger partial charge in [0.2, 0.25) is 5.91 Å². The molecule has 2 rings (SSSR count). The highest BCUT2D eigenvalue weighted by Gasteiger charge is 2.05. The molecule has 1 N–H and O–H groups in total. The largest absolute Gasteiger partial charge is 0.454 e. The summed E-state index contributed by atoms with van der Waals surface area (Å²) in [5, 5.41) is 2.83. The van der Waals surface area contributed by atoms with E-state index < -0.39 is 0 Å². The summed E-state index contributed by atoms with van der Waals surface area (Å²) in [7, 11) is 0. The Labute approximate surface area is 108 Å². The number of amides is 1. The normalized spacial score (nSPS) is 10.2. The number of hydrogen-bond donors (Lipinski definition) is 1. The Morgan fingerprint density at radius 1 is 1.18 bits per heavy atom. The van der Waals surface area contributed by atoms with Crippen LogP contribution >= 0.6 is 15.9 Å². The van der Waals surface area contributed by atoms with Gasteiger partial charge in [-0.1, -0.05) is 18.2 Å². The van der Waals surface area contributed by atoms with Crippen LogP contribution in [0.15, 0.2) is 51.6 Å². The fourth-order valence-corrected chi connectivity index (χ4v) is 1.81. The molecule has 1 heterocycles. The Morgan fingerprint density at radius 3 is 2.59 bits per heavy atom. The molecule has 1 aromatic heterocycles. The van der Waals surface area contributed by atoms with Crippen molar-refractivity contribution in [3.63, 3.8) is 0 Å². The van der Waals surface area contributed by atoms with Gasteiger partial charge in [-0.05, 0) is 40.2 Å². The van der Waals surface area contributed by atoms with E-state index in [9.17, 15) is 4.79 Å². The first-order valence-corrected chi connectivity index (χ1v) is 6.12. The van der Waals surface area contributed by atoms with Gasteiger partial charge in [0.1, 0.15) is 5.76 Å². The van der Waals surface area contributed by atoms with Gasteiger partial charge in [-0.2, -0.15) is 0 Å². The molecule has 0 saturated heterocycles. The summed E-state index contributed by atoms with van der Waals surface area (Å²) in [6.45, 7) is 0. The number of aryl methyl sites for hydroxylation is 1. The van der Waals surface area contributed by atoms with Gasteiger partial charge < -0.3 is 9.73 Å². The van der Waals surface area contributed by atoms with Crippen molar-refractivity contribution in [3.05, 3.63) is 52.9 Å². The molecule has 0 saturated carbocycles. The van der Waals surface area contributed by atoms with Gasteiger partial charge in [0, 0.05) is 18.5 Å². The van der Waals surface area contributed by atoms with Crippen LogP contribution in [0.2, 0.25) is 0 Å². The molecule has 0 spiro atoms. The fraction of sp³-hybridized carbons (Fsp3) is 0.154. The quantitative estimate of drug-likeness (QED) is 0.936. The van der Waals surface area contributed by atoms with Crippen molar-refractivity contribution < 1.29 is 9.21 Å². The standard InChI is InChI=1S/C13H12BrNO2/c14-12-8-6-11(17-12)7-9-13(16)15-10-4-2-1-3-5-10/h1-6,8H,7,9H2,(H,15,16). The monoisotopic (exact) mass is 293 g/mol. The van der Waals surface area contributed by atoms with Crippen molar-refractivity contribution in [2.75, 3.05) is 5.32 Å². The van der Waals surface area contributed by atoms with Crippen LogP contribution < -0.4 is 5.32 Å². The van der Waals surface area contributed by atoms with E-state index >= 15 is 0 Å². The first kappa shape index (κ1) is 11.9. The summed E-state index contributed by atoms with van der Waals surface area (Å²) >= 11 is 3.23. The first-order valence-electron chi connectivity index (χ1n) is 5.33. The van der Waals surface area contributed by atoms with Crippen LogP contribution in [-0.4, -0.2) is 5.91 Å². The van der Waals surface area contributed by atoms with Crippen molar-refractivity contribution in [2.24, 2.45) is 0 Å². The molecule has 0 aliphatic rings. The molecule has 1 amide bonds. The Kier molecular flexibility index (Phi) is 3.98. The molecule has 4 heteroatoms. The van der Waals surface area contributed by atoms with Crippen LogP contribution in [0.25, 0.3) is 0 Å². The molecule has 0 bridgehead atoms. The van der Waals surface area contributed by atoms with Crippen molar-refractivity contribution in [3.8, 4) is 0 Å². The molecule has 3 nitrogen and oxygen atoms in total. The third-order valence-corrected chi connectivity index (χ3v) is 2.71. The molecule has 0 atom stereocenters. The zero-order valence-electron chi connectivity index (χ0n) is 9.15. The van der Waals surface area contributed by atoms with Crippen LogP contribution in [0.5, 0.6) is 0 Å². The molecule has 88 valence electrons. The summed E-state index contributed by atoms with van der Waals surface area (Å²) in [5.74, 6) is 0.795. The second-order valence-electron chi connectivity index (χ2n) is 3.62. The minimum absolute atomic E-state index is 0.0104. The third kappa shape index (κ3) is 3.75. The number of benzene rings is 1. The number of nitrogens with one attached hydrogen (secondary N) is 1. The van der Waals surface area contributed by atoms with Crippen LogP contribution in [0, 0.1) is 0 Å². The number of halogens is 1. The van der Waals surface area contributed by atoms with E-state index in [1.54, 1.807) is 0 Å². The van der Waals surface area contributed by atoms with E-state index in [0.717, 1.165) is 11.4 Å². The van der Waals surface area contributed by atoms with Gasteiger partial charge in [0.25, 0.3) is 0 Å². The first-order chi connectivity index (χ1) is 8.24. The van der Waals surface area contributed by atoms with Crippen LogP contribution in [0.1, 0.15) is 12.2 Å². The van der Waals surface area contributed by atoms with Gasteiger partial charge in [0.15, 0.2) is 4.67 Å². The summed E-state index contributed by atoms with van der Waals surface area (Å²) in [6.07, 6.45) is 1.01. The second-order valence-corrected chi connectivity index (χ2v) is 4.40. The van der Waals surface area contributed by atoms with Gasteiger partial charge in [-0.3, -0.25) is 4.79 Å². The number of furan rings is 1. The Bertz CT molecular complexity index is 493. The minimum Gasteiger partial charge on any atom is -0.454 e. The predicted molar refractivity (Wildman–Crippen MR) is 69.8 cm³/mol. The Morgan fingerprint density at radius 2 is 1.94 bits per heavy atom. The molecule has 0 fully saturated rings. The predicted octanol–water partition coefficient (Wildman–Crippen LogP) is 3.61. The topological polar surface area (TPSA) is 42.2 Å². The van der Waals surface area contributed by atoms with Gasteiger partial charge in [-0.25, -0.2) is 0 Å². The van der Waals surface area contributed by atoms with Crippen molar-refractivity contribution >= 4 is 27.5 Å². The molecule has 2 aromatic rings. The third-order valence-electron chi connectivity index (χ3n) is 2.28. The van der Waals surface area contributed by atoms with Crippen LogP contribution in [0.4, 0.5) is 5.69 Å². The number of rotatable bonds is 4. The summed E-state index contributed by atoms with van der Waals surface area (Å²) in [5.41, 5.74) is 0.818. The van der Waals surface area contributed by atoms with Crippen molar-refractivity contribution in [2.45, 2.75) is 12.8 Å². The summed E-state index contributed by atoms with van der Waals surface area (Å²) < 4.78 is 6.01. The molecular weight excluding hydrogens is 282 g/mol. The maximum Gasteiger partial charge on any atom is 0.224 e. The van der Waals surface area contributed by atoms with Gasteiger partial charge >= 0.3 is 0 Å². The number of carbonyl (C=O) groups is 1. The number of para-hydroxylation sites is 1. The van der Waals surface area contributed by atoms with Crippen molar-refractivity contribution in [1.82, 2.24) is 0 Å². The highest BCUT2D eigenvalue weighted by atomic mass is 79.9. The molecule has 0 aliphatic carbocycles. The van der Waals surface area contributed by atoms with E-state index in [2.05, 4.69) is 21.2 Å². The van der Waals surface area contributed by atoms with Crippen LogP contribution in [0.3, 0.4) is 0 Å². The molecule has 1 aromatic carbocycles. The summed E-state index contributed by atoms with van der Waals surface area (Å²) in [4.78, 5) is 11.6. The Hall–Kier alpha value is -1.55. The Balaban J connectivity index is 1.82. The van der Waals surface area contributed by atoms with Crippen molar-refractivity contribution in [1.29, 1.82) is 0 Å². The lowest BCUT2D eigenvalue weighted by atomic mass is 10.2. The molecule has 0 aliphatic heterocycles. The molecule has 0 radical (unpaired) electrons. The van der Waals surface area contributed by atoms with Gasteiger partial charge in [0.05, 0.1) is 0 Å². The minimum atomic E-state index is -0.0104. The molecule has 0 unspecified atom stereocenters. The van der Waals surface area contributed by atoms with Crippen LogP contribution in [-0.2, 0) is 11.2 Å². The lowest BCUT2D eigenvalue weighted by molar-refractivity contribution is -0.116. The number of carbonyl (C=O) groups excluding carboxylic acids is 1. The van der Waals surface area contributed by atoms with E-state index in [0.29, 0.717) is 17.5 Å². The molecule has 17 heavy (non-hydrogen) atoms. The lowest BCUT2D eigenvalue weighted by Crippen LogP contribution is -2.11. The highest BCUT2D eigenvalue weighted by molar-refractivity contribution is 9.10. The average Bonchev–Trinajstić information content (AvgIpc) is 2.74. The SMILES string of the molecule is O=C(CCc1ccc(Br)o1)Nc1ccccc1. The van der Waals surface area contributed by atoms with Gasteiger partial charge in [-0.15, -0.1) is 0 Å². The number of anilines is 1. The van der Waals surface area contributed by atoms with E-state index in [4.69, 9.17) is 4.42 Å². The smallest absolute Gasteiger partial charge is 0.224 e. The lowest BCUT2D eigenvalue weighted by Gasteiger charge is -2.03. The average molecular weight is 294 g/mol. The molecular formula is C13H12BrNO2. The second kappa shape index (κ2) is 5.68. The fourth-order valence-electron chi connectivity index (χ4n) is 1.47. The maximum absolute atomic E-state index is 11.6. The zero-order valence-corrected chi connectivity index (χ0v) is 10.7. The van der Waals surface area contributed by atoms with E-state index in [1.807, 2.05) is 42.5 Å². The summed E-state index contributed by atoms with van der Waals surface area (Å²) in [6, 6.07) is 13.1. The zero-order chi connectivity index (χ0) is 12.1. The highest BCUT2D eigenvalue weighted by Crippen LogP contribution is 2.15. The van der Waals surface area contributed by atoms with E-state index in [1.165, 1.54) is 0 Å². The number of hydrogen-bond acceptors (Lipinski definition) is 2.